The van der Waals surface area contributed by atoms with Crippen LogP contribution in [0.3, 0.4) is 0 Å². The summed E-state index contributed by atoms with van der Waals surface area (Å²) in [7, 11) is -0.843. The van der Waals surface area contributed by atoms with Crippen molar-refractivity contribution in [2.75, 3.05) is 40.4 Å². The van der Waals surface area contributed by atoms with Crippen LogP contribution in [0.4, 0.5) is 4.39 Å². The van der Waals surface area contributed by atoms with Crippen LogP contribution < -0.4 is 9.47 Å². The number of methoxy groups -OCH3 is 2. The number of piperazine rings is 1. The normalized spacial score (nSPS) is 15.2. The topological polar surface area (TPSA) is 76.2 Å². The molecule has 10 heteroatoms. The molecule has 0 saturated carbocycles. The van der Waals surface area contributed by atoms with Gasteiger partial charge in [-0.2, -0.15) is 4.31 Å². The second kappa shape index (κ2) is 8.56. The molecule has 1 aliphatic rings. The lowest BCUT2D eigenvalue weighted by molar-refractivity contribution is 0.0697. The minimum atomic E-state index is -3.83. The first-order valence-electron chi connectivity index (χ1n) is 8.74. The number of hydrogen-bond acceptors (Lipinski definition) is 5. The van der Waals surface area contributed by atoms with E-state index < -0.39 is 15.8 Å². The Labute approximate surface area is 173 Å². The van der Waals surface area contributed by atoms with Crippen molar-refractivity contribution in [2.45, 2.75) is 4.90 Å². The Kier molecular flexibility index (Phi) is 6.30. The van der Waals surface area contributed by atoms with Crippen LogP contribution >= 0.6 is 11.6 Å². The second-order valence-corrected chi connectivity index (χ2v) is 8.72. The maximum atomic E-state index is 13.3. The van der Waals surface area contributed by atoms with Crippen molar-refractivity contribution in [3.63, 3.8) is 0 Å². The fourth-order valence-electron chi connectivity index (χ4n) is 3.03. The van der Waals surface area contributed by atoms with E-state index in [2.05, 4.69) is 0 Å². The van der Waals surface area contributed by atoms with E-state index in [1.165, 1.54) is 24.6 Å². The van der Waals surface area contributed by atoms with Crippen LogP contribution in [0.2, 0.25) is 5.02 Å². The average molecular weight is 443 g/mol. The summed E-state index contributed by atoms with van der Waals surface area (Å²) in [5, 5.41) is -0.258. The lowest BCUT2D eigenvalue weighted by atomic mass is 10.1. The number of benzene rings is 2. The maximum Gasteiger partial charge on any atom is 0.254 e. The number of rotatable bonds is 5. The molecule has 2 aromatic rings. The molecule has 156 valence electrons. The summed E-state index contributed by atoms with van der Waals surface area (Å²) < 4.78 is 50.5. The molecule has 2 aromatic carbocycles. The van der Waals surface area contributed by atoms with Gasteiger partial charge in [-0.3, -0.25) is 4.79 Å². The predicted octanol–water partition coefficient (Wildman–Crippen LogP) is 2.64. The van der Waals surface area contributed by atoms with Crippen molar-refractivity contribution in [3.8, 4) is 11.5 Å². The van der Waals surface area contributed by atoms with E-state index >= 15 is 0 Å². The molecule has 1 amide bonds. The van der Waals surface area contributed by atoms with Gasteiger partial charge in [-0.1, -0.05) is 11.6 Å². The van der Waals surface area contributed by atoms with E-state index in [1.54, 1.807) is 23.1 Å². The van der Waals surface area contributed by atoms with Crippen molar-refractivity contribution < 1.29 is 27.1 Å². The summed E-state index contributed by atoms with van der Waals surface area (Å²) in [6, 6.07) is 8.16. The Morgan fingerprint density at radius 2 is 1.59 bits per heavy atom. The molecule has 0 aromatic heterocycles. The van der Waals surface area contributed by atoms with Gasteiger partial charge in [0.05, 0.1) is 24.1 Å². The van der Waals surface area contributed by atoms with Crippen LogP contribution in [-0.2, 0) is 10.0 Å². The molecule has 7 nitrogen and oxygen atoms in total. The molecule has 0 bridgehead atoms. The fraction of sp³-hybridized carbons (Fsp3) is 0.316. The van der Waals surface area contributed by atoms with Gasteiger partial charge in [0.15, 0.2) is 0 Å². The Morgan fingerprint density at radius 3 is 2.10 bits per heavy atom. The van der Waals surface area contributed by atoms with Gasteiger partial charge >= 0.3 is 0 Å². The lowest BCUT2D eigenvalue weighted by Crippen LogP contribution is -2.50. The van der Waals surface area contributed by atoms with Crippen LogP contribution in [0.25, 0.3) is 0 Å². The van der Waals surface area contributed by atoms with Gasteiger partial charge in [0.25, 0.3) is 5.91 Å². The zero-order valence-electron chi connectivity index (χ0n) is 15.9. The quantitative estimate of drug-likeness (QED) is 0.711. The van der Waals surface area contributed by atoms with Gasteiger partial charge in [-0.25, -0.2) is 12.8 Å². The molecule has 0 spiro atoms. The number of hydrogen-bond donors (Lipinski definition) is 0. The first kappa shape index (κ1) is 21.4. The van der Waals surface area contributed by atoms with E-state index in [-0.39, 0.29) is 42.0 Å². The Balaban J connectivity index is 1.73. The molecule has 1 fully saturated rings. The monoisotopic (exact) mass is 442 g/mol. The van der Waals surface area contributed by atoms with Crippen LogP contribution in [-0.4, -0.2) is 63.9 Å². The van der Waals surface area contributed by atoms with Crippen LogP contribution in [0.1, 0.15) is 10.4 Å². The molecular formula is C19H20ClFN2O5S. The Morgan fingerprint density at radius 1 is 1.00 bits per heavy atom. The third-order valence-electron chi connectivity index (χ3n) is 4.65. The Hall–Kier alpha value is -2.36. The predicted molar refractivity (Wildman–Crippen MR) is 106 cm³/mol. The SMILES string of the molecule is COc1cc(OC)cc(C(=O)N2CCN(S(=O)(=O)c3ccc(F)c(Cl)c3)CC2)c1. The number of ether oxygens (including phenoxy) is 2. The molecule has 3 rings (SSSR count). The third-order valence-corrected chi connectivity index (χ3v) is 6.84. The number of nitrogens with zero attached hydrogens (tertiary/aromatic N) is 2. The summed E-state index contributed by atoms with van der Waals surface area (Å²) in [5.41, 5.74) is 0.392. The minimum absolute atomic E-state index is 0.0822. The molecule has 1 heterocycles. The van der Waals surface area contributed by atoms with E-state index in [0.717, 1.165) is 12.1 Å². The first-order chi connectivity index (χ1) is 13.8. The van der Waals surface area contributed by atoms with Crippen molar-refractivity contribution in [1.29, 1.82) is 0 Å². The molecular weight excluding hydrogens is 423 g/mol. The largest absolute Gasteiger partial charge is 0.497 e. The number of carbonyl (C=O) groups is 1. The van der Waals surface area contributed by atoms with E-state index in [1.807, 2.05) is 0 Å². The molecule has 0 N–H and O–H groups in total. The molecule has 29 heavy (non-hydrogen) atoms. The van der Waals surface area contributed by atoms with Gasteiger partial charge in [0.2, 0.25) is 10.0 Å². The molecule has 1 saturated heterocycles. The summed E-state index contributed by atoms with van der Waals surface area (Å²) in [4.78, 5) is 14.3. The molecule has 0 unspecified atom stereocenters. The van der Waals surface area contributed by atoms with Crippen LogP contribution in [0.15, 0.2) is 41.3 Å². The molecule has 1 aliphatic heterocycles. The van der Waals surface area contributed by atoms with Crippen LogP contribution in [0.5, 0.6) is 11.5 Å². The molecule has 0 atom stereocenters. The Bertz CT molecular complexity index is 1000. The number of amides is 1. The van der Waals surface area contributed by atoms with Gasteiger partial charge in [0, 0.05) is 37.8 Å². The van der Waals surface area contributed by atoms with E-state index in [0.29, 0.717) is 17.1 Å². The van der Waals surface area contributed by atoms with Crippen molar-refractivity contribution in [1.82, 2.24) is 9.21 Å². The first-order valence-corrected chi connectivity index (χ1v) is 10.6. The average Bonchev–Trinajstić information content (AvgIpc) is 2.74. The highest BCUT2D eigenvalue weighted by Crippen LogP contribution is 2.26. The maximum absolute atomic E-state index is 13.3. The fourth-order valence-corrected chi connectivity index (χ4v) is 4.73. The summed E-state index contributed by atoms with van der Waals surface area (Å²) in [6.07, 6.45) is 0. The summed E-state index contributed by atoms with van der Waals surface area (Å²) in [6.45, 7) is 0.660. The van der Waals surface area contributed by atoms with Crippen molar-refractivity contribution in [2.24, 2.45) is 0 Å². The zero-order valence-corrected chi connectivity index (χ0v) is 17.5. The van der Waals surface area contributed by atoms with Gasteiger partial charge < -0.3 is 14.4 Å². The van der Waals surface area contributed by atoms with Crippen LogP contribution in [0, 0.1) is 5.82 Å². The van der Waals surface area contributed by atoms with E-state index in [4.69, 9.17) is 21.1 Å². The van der Waals surface area contributed by atoms with E-state index in [9.17, 15) is 17.6 Å². The number of sulfonamides is 1. The van der Waals surface area contributed by atoms with Crippen molar-refractivity contribution in [3.05, 3.63) is 52.8 Å². The van der Waals surface area contributed by atoms with Crippen molar-refractivity contribution >= 4 is 27.5 Å². The molecule has 0 radical (unpaired) electrons. The van der Waals surface area contributed by atoms with Gasteiger partial charge in [-0.05, 0) is 30.3 Å². The third kappa shape index (κ3) is 4.47. The highest BCUT2D eigenvalue weighted by molar-refractivity contribution is 7.89. The van der Waals surface area contributed by atoms with Gasteiger partial charge in [-0.15, -0.1) is 0 Å². The summed E-state index contributed by atoms with van der Waals surface area (Å²) >= 11 is 5.71. The zero-order chi connectivity index (χ0) is 21.2. The highest BCUT2D eigenvalue weighted by Gasteiger charge is 2.31. The lowest BCUT2D eigenvalue weighted by Gasteiger charge is -2.34. The number of halogens is 2. The summed E-state index contributed by atoms with van der Waals surface area (Å²) in [5.74, 6) is 0.0445. The minimum Gasteiger partial charge on any atom is -0.497 e. The second-order valence-electron chi connectivity index (χ2n) is 6.37. The highest BCUT2D eigenvalue weighted by atomic mass is 35.5. The smallest absolute Gasteiger partial charge is 0.254 e. The van der Waals surface area contributed by atoms with Gasteiger partial charge in [0.1, 0.15) is 17.3 Å². The molecule has 0 aliphatic carbocycles. The number of carbonyl (C=O) groups excluding carboxylic acids is 1. The standard InChI is InChI=1S/C19H20ClFN2O5S/c1-27-14-9-13(10-15(11-14)28-2)19(24)22-5-7-23(8-6-22)29(25,26)16-3-4-18(21)17(20)12-16/h3-4,9-12H,5-8H2,1-2H3.